The van der Waals surface area contributed by atoms with E-state index in [-0.39, 0.29) is 22.0 Å². The quantitative estimate of drug-likeness (QED) is 0.234. The number of methoxy groups -OCH3 is 1. The molecular formula is C26H31ClF3NO3Si. The van der Waals surface area contributed by atoms with Gasteiger partial charge in [0, 0.05) is 34.6 Å². The molecule has 0 spiro atoms. The third-order valence-electron chi connectivity index (χ3n) is 6.74. The predicted octanol–water partition coefficient (Wildman–Crippen LogP) is 7.71. The highest BCUT2D eigenvalue weighted by molar-refractivity contribution is 6.74. The zero-order chi connectivity index (χ0) is 26.2. The van der Waals surface area contributed by atoms with Crippen LogP contribution in [-0.2, 0) is 28.3 Å². The lowest BCUT2D eigenvalue weighted by Crippen LogP contribution is -2.41. The SMILES string of the molecule is COC(=O)c1ccc2c(c1)cc(Cc1ccc(Cl)cc1C(F)(F)F)n2CCO[Si](C)(C)C(C)(C)C. The second kappa shape index (κ2) is 9.99. The molecule has 1 heterocycles. The molecule has 190 valence electrons. The Kier molecular flexibility index (Phi) is 7.79. The molecule has 1 aromatic heterocycles. The first-order valence-corrected chi connectivity index (χ1v) is 14.6. The first-order valence-electron chi connectivity index (χ1n) is 11.3. The highest BCUT2D eigenvalue weighted by Gasteiger charge is 2.37. The number of carbonyl (C=O) groups is 1. The Morgan fingerprint density at radius 1 is 1.06 bits per heavy atom. The van der Waals surface area contributed by atoms with Crippen LogP contribution in [0.4, 0.5) is 13.2 Å². The van der Waals surface area contributed by atoms with Crippen LogP contribution in [0.15, 0.2) is 42.5 Å². The van der Waals surface area contributed by atoms with Gasteiger partial charge < -0.3 is 13.7 Å². The van der Waals surface area contributed by atoms with E-state index in [4.69, 9.17) is 20.8 Å². The van der Waals surface area contributed by atoms with E-state index in [9.17, 15) is 18.0 Å². The molecule has 0 amide bonds. The highest BCUT2D eigenvalue weighted by Crippen LogP contribution is 2.37. The summed E-state index contributed by atoms with van der Waals surface area (Å²) in [6, 6.07) is 10.8. The lowest BCUT2D eigenvalue weighted by Gasteiger charge is -2.36. The molecule has 0 unspecified atom stereocenters. The van der Waals surface area contributed by atoms with Gasteiger partial charge in [-0.25, -0.2) is 4.79 Å². The fourth-order valence-electron chi connectivity index (χ4n) is 3.75. The summed E-state index contributed by atoms with van der Waals surface area (Å²) in [5, 5.41) is 0.819. The number of carbonyl (C=O) groups excluding carboxylic acids is 1. The summed E-state index contributed by atoms with van der Waals surface area (Å²) in [6.45, 7) is 11.7. The molecule has 0 saturated heterocycles. The van der Waals surface area contributed by atoms with Gasteiger partial charge in [-0.15, -0.1) is 0 Å². The van der Waals surface area contributed by atoms with Crippen molar-refractivity contribution in [3.63, 3.8) is 0 Å². The van der Waals surface area contributed by atoms with Crippen molar-refractivity contribution in [1.82, 2.24) is 4.57 Å². The van der Waals surface area contributed by atoms with Crippen molar-refractivity contribution in [2.24, 2.45) is 0 Å². The summed E-state index contributed by atoms with van der Waals surface area (Å²) < 4.78 is 54.3. The van der Waals surface area contributed by atoms with E-state index in [0.29, 0.717) is 24.4 Å². The second-order valence-electron chi connectivity index (χ2n) is 10.1. The molecule has 2 aromatic carbocycles. The van der Waals surface area contributed by atoms with Gasteiger partial charge in [-0.3, -0.25) is 0 Å². The summed E-state index contributed by atoms with van der Waals surface area (Å²) in [5.74, 6) is -0.473. The molecule has 9 heteroatoms. The van der Waals surface area contributed by atoms with Crippen molar-refractivity contribution in [2.45, 2.75) is 58.0 Å². The van der Waals surface area contributed by atoms with Gasteiger partial charge in [0.25, 0.3) is 0 Å². The average molecular weight is 526 g/mol. The highest BCUT2D eigenvalue weighted by atomic mass is 35.5. The number of benzene rings is 2. The Balaban J connectivity index is 2.04. The number of fused-ring (bicyclic) bond motifs is 1. The zero-order valence-corrected chi connectivity index (χ0v) is 22.6. The fraction of sp³-hybridized carbons (Fsp3) is 0.423. The van der Waals surface area contributed by atoms with Crippen LogP contribution in [0.3, 0.4) is 0 Å². The average Bonchev–Trinajstić information content (AvgIpc) is 3.09. The van der Waals surface area contributed by atoms with E-state index in [1.807, 2.05) is 10.6 Å². The lowest BCUT2D eigenvalue weighted by molar-refractivity contribution is -0.138. The molecule has 3 aromatic rings. The number of aromatic nitrogens is 1. The first kappa shape index (κ1) is 27.3. The topological polar surface area (TPSA) is 40.5 Å². The number of halogens is 4. The number of esters is 1. The number of rotatable bonds is 7. The molecule has 0 aliphatic carbocycles. The molecule has 0 aliphatic rings. The Labute approximate surface area is 210 Å². The minimum Gasteiger partial charge on any atom is -0.465 e. The fourth-order valence-corrected chi connectivity index (χ4v) is 4.96. The lowest BCUT2D eigenvalue weighted by atomic mass is 10.0. The molecule has 0 atom stereocenters. The summed E-state index contributed by atoms with van der Waals surface area (Å²) in [6.07, 6.45) is -4.48. The smallest absolute Gasteiger partial charge is 0.416 e. The van der Waals surface area contributed by atoms with E-state index in [1.165, 1.54) is 19.2 Å². The number of ether oxygens (including phenoxy) is 1. The molecule has 0 saturated carbocycles. The summed E-state index contributed by atoms with van der Waals surface area (Å²) in [4.78, 5) is 12.0. The van der Waals surface area contributed by atoms with E-state index in [1.54, 1.807) is 18.2 Å². The van der Waals surface area contributed by atoms with E-state index in [0.717, 1.165) is 17.0 Å². The largest absolute Gasteiger partial charge is 0.465 e. The minimum atomic E-state index is -4.53. The summed E-state index contributed by atoms with van der Waals surface area (Å²) in [5.41, 5.74) is 1.26. The van der Waals surface area contributed by atoms with Crippen LogP contribution in [0.2, 0.25) is 23.2 Å². The van der Waals surface area contributed by atoms with Crippen LogP contribution in [0.25, 0.3) is 10.9 Å². The third kappa shape index (κ3) is 6.10. The van der Waals surface area contributed by atoms with Crippen LogP contribution in [0.1, 0.15) is 48.0 Å². The number of hydrogen-bond donors (Lipinski definition) is 0. The van der Waals surface area contributed by atoms with Crippen molar-refractivity contribution >= 4 is 36.8 Å². The van der Waals surface area contributed by atoms with Gasteiger partial charge in [-0.05, 0) is 60.1 Å². The second-order valence-corrected chi connectivity index (χ2v) is 15.4. The molecular weight excluding hydrogens is 495 g/mol. The van der Waals surface area contributed by atoms with Crippen molar-refractivity contribution in [1.29, 1.82) is 0 Å². The van der Waals surface area contributed by atoms with Gasteiger partial charge in [0.2, 0.25) is 0 Å². The van der Waals surface area contributed by atoms with Crippen LogP contribution >= 0.6 is 11.6 Å². The minimum absolute atomic E-state index is 0.0344. The molecule has 0 N–H and O–H groups in total. The van der Waals surface area contributed by atoms with Gasteiger partial charge in [-0.2, -0.15) is 13.2 Å². The van der Waals surface area contributed by atoms with Crippen LogP contribution in [0, 0.1) is 0 Å². The van der Waals surface area contributed by atoms with Crippen LogP contribution in [0.5, 0.6) is 0 Å². The first-order chi connectivity index (χ1) is 16.1. The maximum Gasteiger partial charge on any atom is 0.416 e. The number of nitrogens with zero attached hydrogens (tertiary/aromatic N) is 1. The maximum atomic E-state index is 13.7. The van der Waals surface area contributed by atoms with E-state index < -0.39 is 26.0 Å². The van der Waals surface area contributed by atoms with Gasteiger partial charge in [0.05, 0.1) is 24.8 Å². The van der Waals surface area contributed by atoms with Crippen molar-refractivity contribution in [3.05, 3.63) is 69.9 Å². The summed E-state index contributed by atoms with van der Waals surface area (Å²) >= 11 is 5.87. The Hall–Kier alpha value is -2.29. The van der Waals surface area contributed by atoms with Crippen molar-refractivity contribution in [3.8, 4) is 0 Å². The zero-order valence-electron chi connectivity index (χ0n) is 20.8. The van der Waals surface area contributed by atoms with Crippen LogP contribution in [-0.4, -0.2) is 32.6 Å². The Morgan fingerprint density at radius 3 is 2.34 bits per heavy atom. The van der Waals surface area contributed by atoms with Crippen LogP contribution < -0.4 is 0 Å². The van der Waals surface area contributed by atoms with Crippen molar-refractivity contribution in [2.75, 3.05) is 13.7 Å². The normalized spacial score (nSPS) is 12.9. The molecule has 3 rings (SSSR count). The van der Waals surface area contributed by atoms with Gasteiger partial charge in [0.15, 0.2) is 8.32 Å². The van der Waals surface area contributed by atoms with Gasteiger partial charge in [0.1, 0.15) is 0 Å². The Bertz CT molecular complexity index is 1230. The summed E-state index contributed by atoms with van der Waals surface area (Å²) in [7, 11) is -0.698. The standard InChI is InChI=1S/C26H31ClF3NO3Si/c1-25(2,3)35(5,6)34-12-11-31-21(14-17-7-9-20(27)16-22(17)26(28,29)30)15-19-13-18(24(32)33-4)8-10-23(19)31/h7-10,13,15-16H,11-12,14H2,1-6H3. The number of alkyl halides is 3. The molecule has 0 fully saturated rings. The number of hydrogen-bond acceptors (Lipinski definition) is 3. The predicted molar refractivity (Wildman–Crippen MR) is 136 cm³/mol. The van der Waals surface area contributed by atoms with Crippen molar-refractivity contribution < 1.29 is 27.1 Å². The monoisotopic (exact) mass is 525 g/mol. The third-order valence-corrected chi connectivity index (χ3v) is 11.5. The van der Waals surface area contributed by atoms with Gasteiger partial charge >= 0.3 is 12.1 Å². The van der Waals surface area contributed by atoms with E-state index >= 15 is 0 Å². The Morgan fingerprint density at radius 2 is 1.74 bits per heavy atom. The molecule has 35 heavy (non-hydrogen) atoms. The van der Waals surface area contributed by atoms with Gasteiger partial charge in [-0.1, -0.05) is 38.4 Å². The molecule has 0 bridgehead atoms. The molecule has 0 radical (unpaired) electrons. The van der Waals surface area contributed by atoms with E-state index in [2.05, 4.69) is 33.9 Å². The molecule has 0 aliphatic heterocycles. The maximum absolute atomic E-state index is 13.7. The molecule has 4 nitrogen and oxygen atoms in total.